The van der Waals surface area contributed by atoms with E-state index in [1.54, 1.807) is 0 Å². The molecule has 0 amide bonds. The van der Waals surface area contributed by atoms with E-state index in [-0.39, 0.29) is 0 Å². The maximum Gasteiger partial charge on any atom is 0.106 e. The van der Waals surface area contributed by atoms with Crippen LogP contribution in [0.15, 0.2) is 6.07 Å². The predicted octanol–water partition coefficient (Wildman–Crippen LogP) is 3.91. The minimum Gasteiger partial charge on any atom is -0.349 e. The third-order valence-electron chi connectivity index (χ3n) is 2.05. The summed E-state index contributed by atoms with van der Waals surface area (Å²) in [5.74, 6) is 1.07. The Morgan fingerprint density at radius 3 is 2.08 bits per heavy atom. The fourth-order valence-electron chi connectivity index (χ4n) is 1.41. The molecule has 1 aromatic heterocycles. The van der Waals surface area contributed by atoms with Crippen LogP contribution < -0.4 is 0 Å². The zero-order valence-corrected chi connectivity index (χ0v) is 8.87. The van der Waals surface area contributed by atoms with Crippen molar-refractivity contribution < 1.29 is 0 Å². The van der Waals surface area contributed by atoms with Crippen molar-refractivity contribution in [1.82, 2.24) is 4.98 Å². The minimum atomic E-state index is 0.523. The van der Waals surface area contributed by atoms with Crippen LogP contribution in [0.2, 0.25) is 5.15 Å². The molecule has 1 N–H and O–H groups in total. The molecule has 0 bridgehead atoms. The Hall–Kier alpha value is -0.430. The minimum absolute atomic E-state index is 0.523. The van der Waals surface area contributed by atoms with Gasteiger partial charge >= 0.3 is 0 Å². The van der Waals surface area contributed by atoms with Crippen LogP contribution >= 0.6 is 11.6 Å². The van der Waals surface area contributed by atoms with Crippen LogP contribution in [0.25, 0.3) is 0 Å². The van der Waals surface area contributed by atoms with Crippen molar-refractivity contribution >= 4 is 11.6 Å². The van der Waals surface area contributed by atoms with Crippen LogP contribution in [0.3, 0.4) is 0 Å². The van der Waals surface area contributed by atoms with Gasteiger partial charge in [-0.1, -0.05) is 39.3 Å². The molecule has 1 rings (SSSR count). The van der Waals surface area contributed by atoms with E-state index in [4.69, 9.17) is 11.6 Å². The summed E-state index contributed by atoms with van der Waals surface area (Å²) in [6.07, 6.45) is 0. The molecule has 0 aliphatic carbocycles. The third kappa shape index (κ3) is 1.84. The lowest BCUT2D eigenvalue weighted by molar-refractivity contribution is 0.774. The molecule has 0 atom stereocenters. The van der Waals surface area contributed by atoms with Crippen LogP contribution in [0.1, 0.15) is 50.8 Å². The smallest absolute Gasteiger partial charge is 0.106 e. The Labute approximate surface area is 79.1 Å². The van der Waals surface area contributed by atoms with Gasteiger partial charge in [0.2, 0.25) is 0 Å². The molecule has 0 spiro atoms. The fraction of sp³-hybridized carbons (Fsp3) is 0.600. The molecule has 0 radical (unpaired) electrons. The molecule has 2 heteroatoms. The zero-order valence-electron chi connectivity index (χ0n) is 8.11. The molecule has 12 heavy (non-hydrogen) atoms. The number of hydrogen-bond donors (Lipinski definition) is 1. The number of aromatic nitrogens is 1. The topological polar surface area (TPSA) is 15.8 Å². The summed E-state index contributed by atoms with van der Waals surface area (Å²) in [5, 5.41) is 0.752. The molecular weight excluding hydrogens is 170 g/mol. The first-order chi connectivity index (χ1) is 5.52. The van der Waals surface area contributed by atoms with Crippen molar-refractivity contribution in [2.45, 2.75) is 39.5 Å². The highest BCUT2D eigenvalue weighted by molar-refractivity contribution is 6.29. The summed E-state index contributed by atoms with van der Waals surface area (Å²) in [4.78, 5) is 3.19. The van der Waals surface area contributed by atoms with E-state index in [0.29, 0.717) is 11.8 Å². The number of nitrogens with one attached hydrogen (secondary N) is 1. The molecule has 68 valence electrons. The van der Waals surface area contributed by atoms with Gasteiger partial charge < -0.3 is 4.98 Å². The van der Waals surface area contributed by atoms with Crippen LogP contribution in [-0.2, 0) is 0 Å². The van der Waals surface area contributed by atoms with E-state index in [1.165, 1.54) is 11.3 Å². The predicted molar refractivity (Wildman–Crippen MR) is 54.0 cm³/mol. The number of rotatable bonds is 2. The van der Waals surface area contributed by atoms with E-state index in [9.17, 15) is 0 Å². The van der Waals surface area contributed by atoms with Crippen molar-refractivity contribution in [1.29, 1.82) is 0 Å². The number of aromatic amines is 1. The molecular formula is C10H16ClN. The summed E-state index contributed by atoms with van der Waals surface area (Å²) in [6.45, 7) is 8.72. The van der Waals surface area contributed by atoms with E-state index < -0.39 is 0 Å². The lowest BCUT2D eigenvalue weighted by Crippen LogP contribution is -1.95. The van der Waals surface area contributed by atoms with Gasteiger partial charge in [0.05, 0.1) is 0 Å². The van der Waals surface area contributed by atoms with Gasteiger partial charge in [0, 0.05) is 5.69 Å². The van der Waals surface area contributed by atoms with Crippen molar-refractivity contribution in [3.8, 4) is 0 Å². The van der Waals surface area contributed by atoms with Crippen LogP contribution in [0, 0.1) is 0 Å². The highest BCUT2D eigenvalue weighted by atomic mass is 35.5. The van der Waals surface area contributed by atoms with Crippen LogP contribution in [-0.4, -0.2) is 4.98 Å². The lowest BCUT2D eigenvalue weighted by atomic mass is 9.98. The first-order valence-corrected chi connectivity index (χ1v) is 4.78. The molecule has 0 aromatic carbocycles. The quantitative estimate of drug-likeness (QED) is 0.719. The SMILES string of the molecule is CC(C)c1cc(Cl)[nH]c1C(C)C. The molecule has 0 unspecified atom stereocenters. The molecule has 0 aliphatic rings. The molecule has 1 nitrogen and oxygen atoms in total. The van der Waals surface area contributed by atoms with Gasteiger partial charge in [-0.2, -0.15) is 0 Å². The van der Waals surface area contributed by atoms with Crippen LogP contribution in [0.4, 0.5) is 0 Å². The summed E-state index contributed by atoms with van der Waals surface area (Å²) >= 11 is 5.90. The fourth-order valence-corrected chi connectivity index (χ4v) is 1.63. The second-order valence-corrected chi connectivity index (χ2v) is 4.20. The first-order valence-electron chi connectivity index (χ1n) is 4.40. The van der Waals surface area contributed by atoms with Crippen molar-refractivity contribution in [2.24, 2.45) is 0 Å². The standard InChI is InChI=1S/C10H16ClN/c1-6(2)8-5-9(11)12-10(8)7(3)4/h5-7,12H,1-4H3. The second-order valence-electron chi connectivity index (χ2n) is 3.80. The monoisotopic (exact) mass is 185 g/mol. The summed E-state index contributed by atoms with van der Waals surface area (Å²) in [7, 11) is 0. The maximum atomic E-state index is 5.90. The summed E-state index contributed by atoms with van der Waals surface area (Å²) < 4.78 is 0. The van der Waals surface area contributed by atoms with Gasteiger partial charge in [-0.25, -0.2) is 0 Å². The highest BCUT2D eigenvalue weighted by Gasteiger charge is 2.12. The van der Waals surface area contributed by atoms with E-state index in [1.807, 2.05) is 6.07 Å². The molecule has 0 saturated heterocycles. The number of halogens is 1. The Balaban J connectivity index is 3.08. The van der Waals surface area contributed by atoms with E-state index in [0.717, 1.165) is 5.15 Å². The van der Waals surface area contributed by atoms with Crippen molar-refractivity contribution in [2.75, 3.05) is 0 Å². The molecule has 1 heterocycles. The van der Waals surface area contributed by atoms with E-state index >= 15 is 0 Å². The summed E-state index contributed by atoms with van der Waals surface area (Å²) in [6, 6.07) is 2.03. The highest BCUT2D eigenvalue weighted by Crippen LogP contribution is 2.28. The molecule has 0 saturated carbocycles. The Morgan fingerprint density at radius 2 is 1.75 bits per heavy atom. The number of H-pyrrole nitrogens is 1. The second kappa shape index (κ2) is 3.53. The van der Waals surface area contributed by atoms with E-state index in [2.05, 4.69) is 32.7 Å². The van der Waals surface area contributed by atoms with Gasteiger partial charge in [-0.05, 0) is 23.5 Å². The third-order valence-corrected chi connectivity index (χ3v) is 2.25. The molecule has 1 aromatic rings. The Bertz CT molecular complexity index is 235. The largest absolute Gasteiger partial charge is 0.349 e. The maximum absolute atomic E-state index is 5.90. The van der Waals surface area contributed by atoms with Gasteiger partial charge in [-0.15, -0.1) is 0 Å². The van der Waals surface area contributed by atoms with Gasteiger partial charge in [0.1, 0.15) is 5.15 Å². The lowest BCUT2D eigenvalue weighted by Gasteiger charge is -2.09. The first kappa shape index (κ1) is 9.66. The zero-order chi connectivity index (χ0) is 9.30. The summed E-state index contributed by atoms with van der Waals surface area (Å²) in [5.41, 5.74) is 2.62. The number of hydrogen-bond acceptors (Lipinski definition) is 0. The average molecular weight is 186 g/mol. The Morgan fingerprint density at radius 1 is 1.17 bits per heavy atom. The average Bonchev–Trinajstić information content (AvgIpc) is 2.31. The normalized spacial score (nSPS) is 11.6. The van der Waals surface area contributed by atoms with Gasteiger partial charge in [0.15, 0.2) is 0 Å². The molecule has 0 fully saturated rings. The van der Waals surface area contributed by atoms with Gasteiger partial charge in [0.25, 0.3) is 0 Å². The van der Waals surface area contributed by atoms with Crippen molar-refractivity contribution in [3.63, 3.8) is 0 Å². The van der Waals surface area contributed by atoms with Gasteiger partial charge in [-0.3, -0.25) is 0 Å². The Kier molecular flexibility index (Phi) is 2.84. The van der Waals surface area contributed by atoms with Crippen LogP contribution in [0.5, 0.6) is 0 Å². The molecule has 0 aliphatic heterocycles. The van der Waals surface area contributed by atoms with Crippen molar-refractivity contribution in [3.05, 3.63) is 22.5 Å².